The third-order valence-corrected chi connectivity index (χ3v) is 3.97. The molecule has 0 bridgehead atoms. The van der Waals surface area contributed by atoms with E-state index in [4.69, 9.17) is 5.73 Å². The number of nitrogens with two attached hydrogens (primary N) is 1. The molecule has 0 aliphatic carbocycles. The highest BCUT2D eigenvalue weighted by Gasteiger charge is 2.27. The van der Waals surface area contributed by atoms with Crippen molar-refractivity contribution >= 4 is 51.5 Å². The predicted molar refractivity (Wildman–Crippen MR) is 83.2 cm³/mol. The molecular formula is C11H15BrClF2N3O2S. The molecule has 0 unspecified atom stereocenters. The van der Waals surface area contributed by atoms with E-state index in [0.717, 1.165) is 8.69 Å². The zero-order valence-electron chi connectivity index (χ0n) is 11.1. The lowest BCUT2D eigenvalue weighted by Gasteiger charge is -2.18. The van der Waals surface area contributed by atoms with Gasteiger partial charge in [0, 0.05) is 7.05 Å². The monoisotopic (exact) mass is 405 g/mol. The van der Waals surface area contributed by atoms with Crippen LogP contribution in [0.25, 0.3) is 0 Å². The van der Waals surface area contributed by atoms with E-state index >= 15 is 0 Å². The fourth-order valence-corrected chi connectivity index (χ4v) is 2.64. The van der Waals surface area contributed by atoms with Gasteiger partial charge in [-0.2, -0.15) is 0 Å². The summed E-state index contributed by atoms with van der Waals surface area (Å²) < 4.78 is 26.5. The third kappa shape index (κ3) is 6.68. The molecule has 2 amide bonds. The summed E-state index contributed by atoms with van der Waals surface area (Å²) in [5.41, 5.74) is 4.85. The van der Waals surface area contributed by atoms with Crippen LogP contribution in [0.5, 0.6) is 0 Å². The predicted octanol–water partition coefficient (Wildman–Crippen LogP) is 1.71. The molecule has 0 radical (unpaired) electrons. The molecule has 3 N–H and O–H groups in total. The van der Waals surface area contributed by atoms with Gasteiger partial charge in [-0.3, -0.25) is 9.59 Å². The molecule has 1 aromatic heterocycles. The van der Waals surface area contributed by atoms with Crippen LogP contribution in [0.1, 0.15) is 9.67 Å². The summed E-state index contributed by atoms with van der Waals surface area (Å²) in [6, 6.07) is 3.33. The number of carbonyl (C=O) groups is 2. The number of carbonyl (C=O) groups excluding carboxylic acids is 2. The first-order valence-electron chi connectivity index (χ1n) is 5.60. The van der Waals surface area contributed by atoms with Crippen LogP contribution in [-0.2, 0) is 4.79 Å². The van der Waals surface area contributed by atoms with E-state index in [1.807, 2.05) is 5.32 Å². The second kappa shape index (κ2) is 8.62. The van der Waals surface area contributed by atoms with E-state index in [1.165, 1.54) is 18.4 Å². The number of nitrogens with one attached hydrogen (secondary N) is 1. The van der Waals surface area contributed by atoms with E-state index in [1.54, 1.807) is 12.1 Å². The molecule has 21 heavy (non-hydrogen) atoms. The molecule has 120 valence electrons. The van der Waals surface area contributed by atoms with Crippen molar-refractivity contribution in [3.63, 3.8) is 0 Å². The quantitative estimate of drug-likeness (QED) is 0.755. The van der Waals surface area contributed by atoms with Crippen LogP contribution >= 0.6 is 39.7 Å². The highest BCUT2D eigenvalue weighted by atomic mass is 79.9. The van der Waals surface area contributed by atoms with Crippen molar-refractivity contribution in [3.05, 3.63) is 20.8 Å². The van der Waals surface area contributed by atoms with Gasteiger partial charge in [0.05, 0.1) is 28.3 Å². The minimum Gasteiger partial charge on any atom is -0.348 e. The second-order valence-electron chi connectivity index (χ2n) is 4.10. The van der Waals surface area contributed by atoms with Gasteiger partial charge in [-0.1, -0.05) is 0 Å². The maximum atomic E-state index is 12.9. The zero-order valence-corrected chi connectivity index (χ0v) is 14.3. The number of amides is 2. The van der Waals surface area contributed by atoms with E-state index < -0.39 is 24.9 Å². The number of hydrogen-bond donors (Lipinski definition) is 2. The molecule has 0 saturated heterocycles. The molecule has 0 aromatic carbocycles. The van der Waals surface area contributed by atoms with Crippen LogP contribution in [0.4, 0.5) is 8.78 Å². The molecular weight excluding hydrogens is 392 g/mol. The van der Waals surface area contributed by atoms with Gasteiger partial charge >= 0.3 is 0 Å². The molecule has 0 spiro atoms. The minimum atomic E-state index is -3.14. The topological polar surface area (TPSA) is 75.4 Å². The van der Waals surface area contributed by atoms with Crippen molar-refractivity contribution in [2.75, 3.05) is 26.7 Å². The number of alkyl halides is 2. The lowest BCUT2D eigenvalue weighted by atomic mass is 10.3. The molecule has 0 fully saturated rings. The molecule has 0 atom stereocenters. The Hall–Kier alpha value is -0.770. The Morgan fingerprint density at radius 1 is 1.48 bits per heavy atom. The lowest BCUT2D eigenvalue weighted by Crippen LogP contribution is -2.45. The first-order valence-corrected chi connectivity index (χ1v) is 7.21. The molecule has 0 saturated carbocycles. The summed E-state index contributed by atoms with van der Waals surface area (Å²) in [6.07, 6.45) is 0. The number of likely N-dealkylation sites (N-methyl/N-ethyl adjacent to an activating group) is 1. The first kappa shape index (κ1) is 20.2. The lowest BCUT2D eigenvalue weighted by molar-refractivity contribution is -0.123. The molecule has 5 nitrogen and oxygen atoms in total. The van der Waals surface area contributed by atoms with Crippen LogP contribution in [0.15, 0.2) is 15.9 Å². The fraction of sp³-hybridized carbons (Fsp3) is 0.455. The summed E-state index contributed by atoms with van der Waals surface area (Å²) in [7, 11) is 1.43. The molecule has 0 aliphatic heterocycles. The number of rotatable bonds is 6. The standard InChI is InChI=1S/C11H14BrF2N3O2S.ClH/c1-17(10(19)7-2-3-8(12)20-7)4-9(18)16-6-11(13,14)5-15;/h2-3H,4-6,15H2,1H3,(H,16,18);1H. The van der Waals surface area contributed by atoms with Crippen LogP contribution in [0.3, 0.4) is 0 Å². The summed E-state index contributed by atoms with van der Waals surface area (Å²) in [6.45, 7) is -1.98. The minimum absolute atomic E-state index is 0. The van der Waals surface area contributed by atoms with Crippen molar-refractivity contribution in [1.29, 1.82) is 0 Å². The Kier molecular flexibility index (Phi) is 8.30. The maximum Gasteiger partial charge on any atom is 0.277 e. The molecule has 10 heteroatoms. The number of halogens is 4. The Labute approximate surface area is 139 Å². The fourth-order valence-electron chi connectivity index (χ4n) is 1.26. The van der Waals surface area contributed by atoms with E-state index in [0.29, 0.717) is 4.88 Å². The van der Waals surface area contributed by atoms with Gasteiger partial charge < -0.3 is 16.0 Å². The van der Waals surface area contributed by atoms with Crippen molar-refractivity contribution in [2.24, 2.45) is 5.73 Å². The van der Waals surface area contributed by atoms with Crippen molar-refractivity contribution in [1.82, 2.24) is 10.2 Å². The van der Waals surface area contributed by atoms with Crippen LogP contribution in [-0.4, -0.2) is 49.3 Å². The van der Waals surface area contributed by atoms with Gasteiger partial charge in [0.2, 0.25) is 5.91 Å². The second-order valence-corrected chi connectivity index (χ2v) is 6.56. The van der Waals surface area contributed by atoms with E-state index in [-0.39, 0.29) is 24.9 Å². The largest absolute Gasteiger partial charge is 0.348 e. The van der Waals surface area contributed by atoms with Crippen LogP contribution in [0, 0.1) is 0 Å². The van der Waals surface area contributed by atoms with E-state index in [9.17, 15) is 18.4 Å². The SMILES string of the molecule is CN(CC(=O)NCC(F)(F)CN)C(=O)c1ccc(Br)s1.Cl. The van der Waals surface area contributed by atoms with Crippen LogP contribution < -0.4 is 11.1 Å². The van der Waals surface area contributed by atoms with Crippen molar-refractivity contribution < 1.29 is 18.4 Å². The van der Waals surface area contributed by atoms with Gasteiger partial charge in [-0.15, -0.1) is 23.7 Å². The Bertz CT molecular complexity index is 502. The molecule has 1 heterocycles. The number of thiophene rings is 1. The summed E-state index contributed by atoms with van der Waals surface area (Å²) in [5, 5.41) is 2.05. The Balaban J connectivity index is 0.00000400. The normalized spacial score (nSPS) is 10.7. The zero-order chi connectivity index (χ0) is 15.3. The number of nitrogens with zero attached hydrogens (tertiary/aromatic N) is 1. The van der Waals surface area contributed by atoms with Crippen molar-refractivity contribution in [3.8, 4) is 0 Å². The molecule has 1 aromatic rings. The Morgan fingerprint density at radius 2 is 2.10 bits per heavy atom. The summed E-state index contributed by atoms with van der Waals surface area (Å²) >= 11 is 4.46. The van der Waals surface area contributed by atoms with Crippen LogP contribution in [0.2, 0.25) is 0 Å². The van der Waals surface area contributed by atoms with Gasteiger partial charge in [0.25, 0.3) is 11.8 Å². The smallest absolute Gasteiger partial charge is 0.277 e. The average Bonchev–Trinajstić information content (AvgIpc) is 2.82. The number of hydrogen-bond acceptors (Lipinski definition) is 4. The van der Waals surface area contributed by atoms with Crippen molar-refractivity contribution in [2.45, 2.75) is 5.92 Å². The van der Waals surface area contributed by atoms with Gasteiger partial charge in [0.15, 0.2) is 0 Å². The summed E-state index contributed by atoms with van der Waals surface area (Å²) in [4.78, 5) is 25.0. The highest BCUT2D eigenvalue weighted by Crippen LogP contribution is 2.22. The maximum absolute atomic E-state index is 12.9. The molecule has 0 aliphatic rings. The van der Waals surface area contributed by atoms with E-state index in [2.05, 4.69) is 15.9 Å². The Morgan fingerprint density at radius 3 is 2.57 bits per heavy atom. The third-order valence-electron chi connectivity index (χ3n) is 2.35. The molecule has 1 rings (SSSR count). The average molecular weight is 407 g/mol. The summed E-state index contributed by atoms with van der Waals surface area (Å²) in [5.74, 6) is -4.15. The van der Waals surface area contributed by atoms with Gasteiger partial charge in [-0.25, -0.2) is 8.78 Å². The first-order chi connectivity index (χ1) is 9.25. The van der Waals surface area contributed by atoms with Gasteiger partial charge in [-0.05, 0) is 28.1 Å². The highest BCUT2D eigenvalue weighted by molar-refractivity contribution is 9.11. The van der Waals surface area contributed by atoms with Gasteiger partial charge in [0.1, 0.15) is 0 Å².